The van der Waals surface area contributed by atoms with Crippen molar-refractivity contribution in [2.75, 3.05) is 7.11 Å². The fraction of sp³-hybridized carbons (Fsp3) is 0.154. The molecule has 1 heterocycles. The van der Waals surface area contributed by atoms with Crippen molar-refractivity contribution in [3.63, 3.8) is 0 Å². The number of halogens is 1. The Bertz CT molecular complexity index is 712. The molecular formula is C13H11FN2O4. The molecule has 0 aliphatic rings. The number of ether oxygens (including phenoxy) is 1. The molecule has 0 fully saturated rings. The van der Waals surface area contributed by atoms with Crippen molar-refractivity contribution in [2.24, 2.45) is 0 Å². The summed E-state index contributed by atoms with van der Waals surface area (Å²) in [5, 5.41) is 10.7. The van der Waals surface area contributed by atoms with Crippen LogP contribution in [0.5, 0.6) is 5.75 Å². The number of nitro groups is 1. The summed E-state index contributed by atoms with van der Waals surface area (Å²) in [5.41, 5.74) is -0.0868. The standard InChI is InChI=1S/C13H11FN2O4/c1-20-12-4-2-9(6-11(12)14)7-15-8-10(16(18)19)3-5-13(15)17/h2-6,8H,7H2,1H3. The summed E-state index contributed by atoms with van der Waals surface area (Å²) in [6, 6.07) is 6.50. The Morgan fingerprint density at radius 3 is 2.70 bits per heavy atom. The molecule has 0 aliphatic heterocycles. The Morgan fingerprint density at radius 2 is 2.10 bits per heavy atom. The molecule has 0 spiro atoms. The van der Waals surface area contributed by atoms with Crippen molar-refractivity contribution in [3.8, 4) is 5.75 Å². The maximum Gasteiger partial charge on any atom is 0.285 e. The molecule has 0 N–H and O–H groups in total. The summed E-state index contributed by atoms with van der Waals surface area (Å²) in [7, 11) is 1.35. The van der Waals surface area contributed by atoms with E-state index in [0.29, 0.717) is 5.56 Å². The van der Waals surface area contributed by atoms with Crippen LogP contribution in [0.4, 0.5) is 10.1 Å². The number of benzene rings is 1. The second-order valence-electron chi connectivity index (χ2n) is 4.08. The highest BCUT2D eigenvalue weighted by Crippen LogP contribution is 2.18. The van der Waals surface area contributed by atoms with Gasteiger partial charge in [-0.15, -0.1) is 0 Å². The first-order valence-corrected chi connectivity index (χ1v) is 5.68. The fourth-order valence-corrected chi connectivity index (χ4v) is 1.76. The molecule has 0 radical (unpaired) electrons. The largest absolute Gasteiger partial charge is 0.494 e. The topological polar surface area (TPSA) is 74.4 Å². The van der Waals surface area contributed by atoms with E-state index in [2.05, 4.69) is 0 Å². The van der Waals surface area contributed by atoms with Crippen LogP contribution in [-0.2, 0) is 6.54 Å². The Kier molecular flexibility index (Phi) is 3.79. The summed E-state index contributed by atoms with van der Waals surface area (Å²) in [6.45, 7) is 0.0431. The maximum absolute atomic E-state index is 13.5. The van der Waals surface area contributed by atoms with E-state index >= 15 is 0 Å². The zero-order chi connectivity index (χ0) is 14.7. The van der Waals surface area contributed by atoms with Gasteiger partial charge < -0.3 is 9.30 Å². The molecule has 6 nitrogen and oxygen atoms in total. The molecule has 0 amide bonds. The molecule has 1 aromatic heterocycles. The maximum atomic E-state index is 13.5. The summed E-state index contributed by atoms with van der Waals surface area (Å²) in [5.74, 6) is -0.455. The lowest BCUT2D eigenvalue weighted by molar-refractivity contribution is -0.385. The van der Waals surface area contributed by atoms with Crippen molar-refractivity contribution in [1.82, 2.24) is 4.57 Å². The monoisotopic (exact) mass is 278 g/mol. The van der Waals surface area contributed by atoms with Crippen LogP contribution >= 0.6 is 0 Å². The van der Waals surface area contributed by atoms with Gasteiger partial charge in [0.05, 0.1) is 24.8 Å². The molecule has 7 heteroatoms. The van der Waals surface area contributed by atoms with Gasteiger partial charge in [0, 0.05) is 12.1 Å². The van der Waals surface area contributed by atoms with E-state index in [1.165, 1.54) is 19.2 Å². The van der Waals surface area contributed by atoms with Crippen molar-refractivity contribution < 1.29 is 14.1 Å². The van der Waals surface area contributed by atoms with Crippen LogP contribution < -0.4 is 10.3 Å². The van der Waals surface area contributed by atoms with Gasteiger partial charge in [0.2, 0.25) is 0 Å². The minimum Gasteiger partial charge on any atom is -0.494 e. The van der Waals surface area contributed by atoms with E-state index < -0.39 is 16.3 Å². The fourth-order valence-electron chi connectivity index (χ4n) is 1.76. The lowest BCUT2D eigenvalue weighted by atomic mass is 10.2. The van der Waals surface area contributed by atoms with Crippen molar-refractivity contribution >= 4 is 5.69 Å². The number of pyridine rings is 1. The van der Waals surface area contributed by atoms with E-state index in [1.807, 2.05) is 0 Å². The van der Waals surface area contributed by atoms with E-state index in [-0.39, 0.29) is 18.0 Å². The van der Waals surface area contributed by atoms with Gasteiger partial charge in [0.1, 0.15) is 0 Å². The first-order chi connectivity index (χ1) is 9.51. The van der Waals surface area contributed by atoms with Gasteiger partial charge in [-0.2, -0.15) is 0 Å². The second kappa shape index (κ2) is 5.52. The van der Waals surface area contributed by atoms with Crippen LogP contribution in [0, 0.1) is 15.9 Å². The number of rotatable bonds is 4. The number of nitrogens with zero attached hydrogens (tertiary/aromatic N) is 2. The number of aromatic nitrogens is 1. The summed E-state index contributed by atoms with van der Waals surface area (Å²) >= 11 is 0. The zero-order valence-electron chi connectivity index (χ0n) is 10.6. The van der Waals surface area contributed by atoms with E-state index in [9.17, 15) is 19.3 Å². The minimum absolute atomic E-state index is 0.0431. The van der Waals surface area contributed by atoms with Crippen molar-refractivity contribution in [1.29, 1.82) is 0 Å². The normalized spacial score (nSPS) is 10.3. The van der Waals surface area contributed by atoms with E-state index in [4.69, 9.17) is 4.74 Å². The van der Waals surface area contributed by atoms with Gasteiger partial charge in [-0.1, -0.05) is 6.07 Å². The molecule has 0 atom stereocenters. The molecule has 0 unspecified atom stereocenters. The van der Waals surface area contributed by atoms with Crippen LogP contribution in [0.25, 0.3) is 0 Å². The third-order valence-corrected chi connectivity index (χ3v) is 2.75. The Balaban J connectivity index is 2.34. The lowest BCUT2D eigenvalue weighted by Crippen LogP contribution is -2.19. The molecule has 0 aliphatic carbocycles. The predicted octanol–water partition coefficient (Wildman–Crippen LogP) is 1.95. The van der Waals surface area contributed by atoms with Crippen molar-refractivity contribution in [2.45, 2.75) is 6.54 Å². The average Bonchev–Trinajstić information content (AvgIpc) is 2.41. The van der Waals surface area contributed by atoms with Crippen molar-refractivity contribution in [3.05, 3.63) is 68.4 Å². The van der Waals surface area contributed by atoms with E-state index in [0.717, 1.165) is 22.9 Å². The molecular weight excluding hydrogens is 267 g/mol. The van der Waals surface area contributed by atoms with E-state index in [1.54, 1.807) is 6.07 Å². The van der Waals surface area contributed by atoms with Gasteiger partial charge in [-0.3, -0.25) is 14.9 Å². The predicted molar refractivity (Wildman–Crippen MR) is 69.4 cm³/mol. The van der Waals surface area contributed by atoms with Gasteiger partial charge in [0.15, 0.2) is 11.6 Å². The highest BCUT2D eigenvalue weighted by Gasteiger charge is 2.09. The molecule has 0 saturated carbocycles. The van der Waals surface area contributed by atoms with Crippen LogP contribution in [0.15, 0.2) is 41.3 Å². The van der Waals surface area contributed by atoms with Gasteiger partial charge in [-0.05, 0) is 17.7 Å². The summed E-state index contributed by atoms with van der Waals surface area (Å²) < 4.78 is 19.5. The summed E-state index contributed by atoms with van der Waals surface area (Å²) in [4.78, 5) is 21.7. The third-order valence-electron chi connectivity index (χ3n) is 2.75. The quantitative estimate of drug-likeness (QED) is 0.633. The Morgan fingerprint density at radius 1 is 1.35 bits per heavy atom. The number of hydrogen-bond acceptors (Lipinski definition) is 4. The van der Waals surface area contributed by atoms with Gasteiger partial charge >= 0.3 is 0 Å². The van der Waals surface area contributed by atoms with Crippen LogP contribution in [0.3, 0.4) is 0 Å². The highest BCUT2D eigenvalue weighted by molar-refractivity contribution is 5.30. The molecule has 2 rings (SSSR count). The van der Waals surface area contributed by atoms with Crippen LogP contribution in [0.1, 0.15) is 5.56 Å². The molecule has 0 bridgehead atoms. The Labute approximate surface area is 113 Å². The number of methoxy groups -OCH3 is 1. The van der Waals surface area contributed by atoms with Crippen LogP contribution in [-0.4, -0.2) is 16.6 Å². The smallest absolute Gasteiger partial charge is 0.285 e. The molecule has 20 heavy (non-hydrogen) atoms. The first-order valence-electron chi connectivity index (χ1n) is 5.68. The third kappa shape index (κ3) is 2.82. The molecule has 2 aromatic rings. The number of hydrogen-bond donors (Lipinski definition) is 0. The molecule has 0 saturated heterocycles. The molecule has 104 valence electrons. The second-order valence-corrected chi connectivity index (χ2v) is 4.08. The first kappa shape index (κ1) is 13.7. The van der Waals surface area contributed by atoms with Gasteiger partial charge in [0.25, 0.3) is 11.2 Å². The highest BCUT2D eigenvalue weighted by atomic mass is 19.1. The zero-order valence-corrected chi connectivity index (χ0v) is 10.6. The Hall–Kier alpha value is -2.70. The lowest BCUT2D eigenvalue weighted by Gasteiger charge is -2.07. The van der Waals surface area contributed by atoms with Crippen LogP contribution in [0.2, 0.25) is 0 Å². The minimum atomic E-state index is -0.593. The average molecular weight is 278 g/mol. The van der Waals surface area contributed by atoms with Gasteiger partial charge in [-0.25, -0.2) is 4.39 Å². The molecule has 1 aromatic carbocycles. The SMILES string of the molecule is COc1ccc(Cn2cc([N+](=O)[O-])ccc2=O)cc1F. The summed E-state index contributed by atoms with van der Waals surface area (Å²) in [6.07, 6.45) is 1.13.